The van der Waals surface area contributed by atoms with Gasteiger partial charge in [0.2, 0.25) is 5.91 Å². The molecule has 2 fully saturated rings. The summed E-state index contributed by atoms with van der Waals surface area (Å²) in [7, 11) is 3.08. The molecule has 2 atom stereocenters. The molecular weight excluding hydrogens is 674 g/mol. The second kappa shape index (κ2) is 14.6. The minimum Gasteiger partial charge on any atom is -0.392 e. The van der Waals surface area contributed by atoms with Gasteiger partial charge in [-0.05, 0) is 37.6 Å². The maximum Gasteiger partial charge on any atom is 0.291 e. The van der Waals surface area contributed by atoms with Crippen LogP contribution in [0.25, 0.3) is 22.4 Å². The number of hydrogen-bond acceptors (Lipinski definition) is 8. The smallest absolute Gasteiger partial charge is 0.291 e. The molecule has 3 N–H and O–H groups in total. The summed E-state index contributed by atoms with van der Waals surface area (Å²) in [6.07, 6.45) is 2.60. The van der Waals surface area contributed by atoms with Gasteiger partial charge in [0.1, 0.15) is 0 Å². The maximum atomic E-state index is 15.5. The van der Waals surface area contributed by atoms with Crippen molar-refractivity contribution in [3.8, 4) is 22.4 Å². The lowest BCUT2D eigenvalue weighted by Gasteiger charge is -2.36. The Balaban J connectivity index is 1.10. The molecule has 2 aromatic carbocycles. The van der Waals surface area contributed by atoms with Crippen molar-refractivity contribution in [1.82, 2.24) is 34.4 Å². The van der Waals surface area contributed by atoms with Crippen molar-refractivity contribution in [3.05, 3.63) is 76.5 Å². The molecule has 264 valence electrons. The standard InChI is InChI=1S/C34H37ClF2N8O5/c1-19-25(17-40-45(19)12-13-50-3)22-6-7-24(30(37)29(22)36)28-18-39-31(42(28)2)32(47)41-20-4-5-23(26(35)14-20)33(48)43-8-10-44(11-9-43)34(49)27-15-21(46)16-38-27/h4-7,14,17-18,21,27,38,46H,8-13,15-16H2,1-3H3,(H,41,47)/t21-,27+/m1/s1. The Labute approximate surface area is 291 Å². The molecule has 0 radical (unpaired) electrons. The molecule has 50 heavy (non-hydrogen) atoms. The van der Waals surface area contributed by atoms with E-state index < -0.39 is 29.7 Å². The van der Waals surface area contributed by atoms with Gasteiger partial charge in [-0.15, -0.1) is 0 Å². The summed E-state index contributed by atoms with van der Waals surface area (Å²) in [5.41, 5.74) is 1.82. The van der Waals surface area contributed by atoms with Gasteiger partial charge in [0.05, 0.1) is 54.0 Å². The Morgan fingerprint density at radius 2 is 1.74 bits per heavy atom. The number of amides is 3. The Morgan fingerprint density at radius 1 is 1.04 bits per heavy atom. The first-order valence-electron chi connectivity index (χ1n) is 16.1. The second-order valence-corrected chi connectivity index (χ2v) is 12.7. The Morgan fingerprint density at radius 3 is 2.42 bits per heavy atom. The molecule has 2 saturated heterocycles. The highest BCUT2D eigenvalue weighted by molar-refractivity contribution is 6.34. The van der Waals surface area contributed by atoms with E-state index in [0.717, 1.165) is 0 Å². The van der Waals surface area contributed by atoms with Crippen LogP contribution < -0.4 is 10.6 Å². The van der Waals surface area contributed by atoms with Crippen molar-refractivity contribution >= 4 is 35.0 Å². The predicted octanol–water partition coefficient (Wildman–Crippen LogP) is 3.10. The van der Waals surface area contributed by atoms with Crippen molar-refractivity contribution in [2.75, 3.05) is 51.8 Å². The van der Waals surface area contributed by atoms with Crippen LogP contribution in [0.15, 0.2) is 42.7 Å². The number of benzene rings is 2. The number of carbonyl (C=O) groups excluding carboxylic acids is 3. The molecule has 0 aliphatic carbocycles. The van der Waals surface area contributed by atoms with E-state index in [4.69, 9.17) is 16.3 Å². The first-order chi connectivity index (χ1) is 24.0. The third kappa shape index (κ3) is 6.86. The van der Waals surface area contributed by atoms with Crippen LogP contribution in [0.3, 0.4) is 0 Å². The van der Waals surface area contributed by atoms with Crippen molar-refractivity contribution < 1.29 is 33.0 Å². The third-order valence-corrected chi connectivity index (χ3v) is 9.50. The van der Waals surface area contributed by atoms with Gasteiger partial charge in [0, 0.05) is 75.0 Å². The Hall–Kier alpha value is -4.70. The predicted molar refractivity (Wildman–Crippen MR) is 181 cm³/mol. The van der Waals surface area contributed by atoms with Crippen molar-refractivity contribution in [2.24, 2.45) is 7.05 Å². The monoisotopic (exact) mass is 710 g/mol. The van der Waals surface area contributed by atoms with Crippen LogP contribution in [0.1, 0.15) is 33.1 Å². The van der Waals surface area contributed by atoms with E-state index in [1.54, 1.807) is 28.5 Å². The second-order valence-electron chi connectivity index (χ2n) is 12.3. The van der Waals surface area contributed by atoms with Gasteiger partial charge in [0.15, 0.2) is 17.5 Å². The van der Waals surface area contributed by atoms with Gasteiger partial charge in [-0.3, -0.25) is 19.1 Å². The van der Waals surface area contributed by atoms with Crippen LogP contribution >= 0.6 is 11.6 Å². The van der Waals surface area contributed by atoms with Crippen LogP contribution in [0.2, 0.25) is 5.02 Å². The van der Waals surface area contributed by atoms with Gasteiger partial charge in [-0.25, -0.2) is 13.8 Å². The summed E-state index contributed by atoms with van der Waals surface area (Å²) in [6.45, 7) is 4.40. The number of methoxy groups -OCH3 is 1. The number of carbonyl (C=O) groups is 3. The number of ether oxygens (including phenoxy) is 1. The molecule has 13 nitrogen and oxygen atoms in total. The summed E-state index contributed by atoms with van der Waals surface area (Å²) in [5.74, 6) is -3.23. The number of imidazole rings is 1. The lowest BCUT2D eigenvalue weighted by atomic mass is 10.0. The average Bonchev–Trinajstić information content (AvgIpc) is 3.82. The van der Waals surface area contributed by atoms with Gasteiger partial charge >= 0.3 is 0 Å². The highest BCUT2D eigenvalue weighted by atomic mass is 35.5. The minimum absolute atomic E-state index is 0.0575. The summed E-state index contributed by atoms with van der Waals surface area (Å²) in [6, 6.07) is 6.97. The summed E-state index contributed by atoms with van der Waals surface area (Å²) in [5, 5.41) is 19.8. The summed E-state index contributed by atoms with van der Waals surface area (Å²) in [4.78, 5) is 46.7. The number of rotatable bonds is 9. The number of piperazine rings is 1. The SMILES string of the molecule is COCCn1ncc(-c2ccc(-c3cnc(C(=O)Nc4ccc(C(=O)N5CCN(C(=O)[C@@H]6C[C@@H](O)CN6)CC5)c(Cl)c4)n3C)c(F)c2F)c1C. The van der Waals surface area contributed by atoms with Crippen LogP contribution in [-0.2, 0) is 23.1 Å². The van der Waals surface area contributed by atoms with E-state index in [2.05, 4.69) is 20.7 Å². The van der Waals surface area contributed by atoms with E-state index in [1.807, 2.05) is 0 Å². The van der Waals surface area contributed by atoms with E-state index >= 15 is 8.78 Å². The fourth-order valence-electron chi connectivity index (χ4n) is 6.32. The molecule has 0 spiro atoms. The summed E-state index contributed by atoms with van der Waals surface area (Å²) >= 11 is 6.49. The first kappa shape index (κ1) is 35.1. The van der Waals surface area contributed by atoms with E-state index in [9.17, 15) is 19.5 Å². The number of aliphatic hydroxyl groups is 1. The van der Waals surface area contributed by atoms with Crippen LogP contribution in [-0.4, -0.2) is 111 Å². The summed E-state index contributed by atoms with van der Waals surface area (Å²) < 4.78 is 39.0. The van der Waals surface area contributed by atoms with Crippen molar-refractivity contribution in [1.29, 1.82) is 0 Å². The van der Waals surface area contributed by atoms with E-state index in [1.165, 1.54) is 54.3 Å². The van der Waals surface area contributed by atoms with Gasteiger partial charge in [-0.1, -0.05) is 17.7 Å². The number of nitrogens with zero attached hydrogens (tertiary/aromatic N) is 6. The quantitative estimate of drug-likeness (QED) is 0.240. The zero-order valence-electron chi connectivity index (χ0n) is 27.8. The highest BCUT2D eigenvalue weighted by Crippen LogP contribution is 2.33. The molecule has 4 aromatic rings. The van der Waals surface area contributed by atoms with Gasteiger partial charge in [0.25, 0.3) is 11.8 Å². The molecular formula is C34H37ClF2N8O5. The number of β-amino-alcohol motifs (C(OH)–C–C–N with tert-alkyl or cyclic N) is 1. The Bertz CT molecular complexity index is 1940. The van der Waals surface area contributed by atoms with E-state index in [0.29, 0.717) is 69.2 Å². The average molecular weight is 711 g/mol. The molecule has 4 heterocycles. The number of nitrogens with one attached hydrogen (secondary N) is 2. The van der Waals surface area contributed by atoms with Crippen LogP contribution in [0, 0.1) is 18.6 Å². The van der Waals surface area contributed by atoms with Crippen LogP contribution in [0.5, 0.6) is 0 Å². The highest BCUT2D eigenvalue weighted by Gasteiger charge is 2.34. The first-order valence-corrected chi connectivity index (χ1v) is 16.5. The van der Waals surface area contributed by atoms with Crippen LogP contribution in [0.4, 0.5) is 14.5 Å². The molecule has 2 aliphatic rings. The number of anilines is 1. The molecule has 2 aromatic heterocycles. The molecule has 2 aliphatic heterocycles. The molecule has 6 rings (SSSR count). The minimum atomic E-state index is -1.09. The topological polar surface area (TPSA) is 147 Å². The van der Waals surface area contributed by atoms with Crippen molar-refractivity contribution in [2.45, 2.75) is 32.0 Å². The molecule has 0 saturated carbocycles. The molecule has 0 unspecified atom stereocenters. The zero-order valence-corrected chi connectivity index (χ0v) is 28.5. The number of aromatic nitrogens is 4. The number of hydrogen-bond donors (Lipinski definition) is 3. The van der Waals surface area contributed by atoms with Gasteiger partial charge in [-0.2, -0.15) is 5.10 Å². The third-order valence-electron chi connectivity index (χ3n) is 9.19. The maximum absolute atomic E-state index is 15.5. The van der Waals surface area contributed by atoms with Gasteiger partial charge < -0.3 is 34.8 Å². The lowest BCUT2D eigenvalue weighted by Crippen LogP contribution is -2.54. The normalized spacial score (nSPS) is 17.7. The van der Waals surface area contributed by atoms with Crippen molar-refractivity contribution in [3.63, 3.8) is 0 Å². The Kier molecular flexibility index (Phi) is 10.3. The number of halogens is 3. The molecule has 16 heteroatoms. The molecule has 0 bridgehead atoms. The number of aliphatic hydroxyl groups excluding tert-OH is 1. The fraction of sp³-hybridized carbons (Fsp3) is 0.382. The largest absolute Gasteiger partial charge is 0.392 e. The lowest BCUT2D eigenvalue weighted by molar-refractivity contribution is -0.134. The zero-order chi connectivity index (χ0) is 35.7. The molecule has 3 amide bonds. The fourth-order valence-corrected chi connectivity index (χ4v) is 6.58. The van der Waals surface area contributed by atoms with E-state index in [-0.39, 0.29) is 45.0 Å².